The summed E-state index contributed by atoms with van der Waals surface area (Å²) in [6, 6.07) is 8.07. The van der Waals surface area contributed by atoms with Gasteiger partial charge in [0.25, 0.3) is 0 Å². The van der Waals surface area contributed by atoms with E-state index >= 15 is 0 Å². The minimum Gasteiger partial charge on any atom is -0.353 e. The summed E-state index contributed by atoms with van der Waals surface area (Å²) in [6.07, 6.45) is 0. The zero-order valence-corrected chi connectivity index (χ0v) is 17.3. The van der Waals surface area contributed by atoms with E-state index in [0.29, 0.717) is 16.8 Å². The molecule has 0 fully saturated rings. The van der Waals surface area contributed by atoms with Crippen molar-refractivity contribution in [3.8, 4) is 11.8 Å². The van der Waals surface area contributed by atoms with Crippen molar-refractivity contribution in [3.05, 3.63) is 46.9 Å². The highest BCUT2D eigenvalue weighted by Crippen LogP contribution is 2.30. The van der Waals surface area contributed by atoms with Crippen LogP contribution in [0.5, 0.6) is 0 Å². The number of rotatable bonds is 7. The highest BCUT2D eigenvalue weighted by Gasteiger charge is 2.21. The number of hydrogen-bond acceptors (Lipinski definition) is 4. The molecule has 2 N–H and O–H groups in total. The number of carbonyl (C=O) groups excluding carboxylic acids is 2. The summed E-state index contributed by atoms with van der Waals surface area (Å²) < 4.78 is 15.4. The third kappa shape index (κ3) is 5.42. The van der Waals surface area contributed by atoms with E-state index in [1.165, 1.54) is 12.1 Å². The monoisotopic (exact) mass is 399 g/mol. The molecule has 29 heavy (non-hydrogen) atoms. The highest BCUT2D eigenvalue weighted by atomic mass is 19.1. The predicted octanol–water partition coefficient (Wildman–Crippen LogP) is 2.50. The molecule has 0 saturated carbocycles. The number of nitriles is 1. The van der Waals surface area contributed by atoms with E-state index in [1.54, 1.807) is 42.5 Å². The van der Waals surface area contributed by atoms with Gasteiger partial charge in [0.05, 0.1) is 24.3 Å². The average Bonchev–Trinajstić information content (AvgIpc) is 2.83. The second-order valence-electron chi connectivity index (χ2n) is 7.30. The van der Waals surface area contributed by atoms with Crippen molar-refractivity contribution in [2.75, 3.05) is 25.5 Å². The molecule has 0 radical (unpaired) electrons. The highest BCUT2D eigenvalue weighted by molar-refractivity contribution is 5.94. The molecule has 1 aromatic carbocycles. The van der Waals surface area contributed by atoms with Crippen molar-refractivity contribution in [3.63, 3.8) is 0 Å². The summed E-state index contributed by atoms with van der Waals surface area (Å²) in [4.78, 5) is 26.0. The Balaban J connectivity index is 2.26. The smallest absolute Gasteiger partial charge is 0.239 e. The normalized spacial score (nSPS) is 10.9. The van der Waals surface area contributed by atoms with E-state index in [0.717, 1.165) is 5.69 Å². The van der Waals surface area contributed by atoms with Gasteiger partial charge in [-0.2, -0.15) is 5.26 Å². The van der Waals surface area contributed by atoms with E-state index < -0.39 is 5.82 Å². The summed E-state index contributed by atoms with van der Waals surface area (Å²) in [6.45, 7) is 7.34. The molecule has 1 heterocycles. The third-order valence-corrected chi connectivity index (χ3v) is 4.43. The predicted molar refractivity (Wildman–Crippen MR) is 109 cm³/mol. The molecule has 0 unspecified atom stereocenters. The number of halogens is 1. The van der Waals surface area contributed by atoms with Crippen LogP contribution in [0.15, 0.2) is 24.3 Å². The number of nitrogens with one attached hydrogen (secondary N) is 2. The van der Waals surface area contributed by atoms with Gasteiger partial charge in [0.2, 0.25) is 11.8 Å². The minimum atomic E-state index is -0.417. The van der Waals surface area contributed by atoms with Gasteiger partial charge in [-0.25, -0.2) is 4.39 Å². The van der Waals surface area contributed by atoms with Gasteiger partial charge >= 0.3 is 0 Å². The van der Waals surface area contributed by atoms with Gasteiger partial charge in [-0.15, -0.1) is 0 Å². The number of hydrogen-bond donors (Lipinski definition) is 2. The summed E-state index contributed by atoms with van der Waals surface area (Å²) in [5, 5.41) is 15.1. The SMILES string of the molecule is Cc1c(C#N)c(NC(=O)CN(C)CC(=O)NC(C)C)n(-c2cccc(F)c2)c1C. The summed E-state index contributed by atoms with van der Waals surface area (Å²) in [5.74, 6) is -0.683. The first-order chi connectivity index (χ1) is 13.6. The van der Waals surface area contributed by atoms with E-state index in [-0.39, 0.29) is 36.8 Å². The van der Waals surface area contributed by atoms with Crippen molar-refractivity contribution in [2.24, 2.45) is 0 Å². The lowest BCUT2D eigenvalue weighted by atomic mass is 10.2. The van der Waals surface area contributed by atoms with E-state index in [9.17, 15) is 19.2 Å². The molecule has 2 amide bonds. The molecule has 8 heteroatoms. The van der Waals surface area contributed by atoms with Crippen LogP contribution in [-0.2, 0) is 9.59 Å². The molecule has 0 aliphatic heterocycles. The van der Waals surface area contributed by atoms with E-state index in [2.05, 4.69) is 16.7 Å². The minimum absolute atomic E-state index is 0.0170. The second-order valence-corrected chi connectivity index (χ2v) is 7.30. The molecule has 0 spiro atoms. The molecule has 2 aromatic rings. The molecule has 2 rings (SSSR count). The first kappa shape index (κ1) is 22.1. The van der Waals surface area contributed by atoms with Crippen molar-refractivity contribution in [1.29, 1.82) is 5.26 Å². The third-order valence-electron chi connectivity index (χ3n) is 4.43. The quantitative estimate of drug-likeness (QED) is 0.749. The van der Waals surface area contributed by atoms with Gasteiger partial charge < -0.3 is 10.6 Å². The number of nitrogens with zero attached hydrogens (tertiary/aromatic N) is 3. The number of likely N-dealkylation sites (N-methyl/N-ethyl adjacent to an activating group) is 1. The van der Waals surface area contributed by atoms with Crippen molar-refractivity contribution in [2.45, 2.75) is 33.7 Å². The number of amides is 2. The Labute approximate surface area is 170 Å². The van der Waals surface area contributed by atoms with Crippen LogP contribution in [0.4, 0.5) is 10.2 Å². The Bertz CT molecular complexity index is 959. The van der Waals surface area contributed by atoms with Crippen LogP contribution >= 0.6 is 0 Å². The van der Waals surface area contributed by atoms with Gasteiger partial charge in [-0.1, -0.05) is 6.07 Å². The van der Waals surface area contributed by atoms with Crippen LogP contribution in [0.1, 0.15) is 30.7 Å². The topological polar surface area (TPSA) is 90.2 Å². The number of anilines is 1. The van der Waals surface area contributed by atoms with E-state index in [1.807, 2.05) is 13.8 Å². The summed E-state index contributed by atoms with van der Waals surface area (Å²) in [5.41, 5.74) is 2.26. The Hall–Kier alpha value is -3.18. The Morgan fingerprint density at radius 3 is 2.48 bits per heavy atom. The lowest BCUT2D eigenvalue weighted by molar-refractivity contribution is -0.123. The van der Waals surface area contributed by atoms with Crippen LogP contribution in [0.2, 0.25) is 0 Å². The van der Waals surface area contributed by atoms with Gasteiger partial charge in [-0.3, -0.25) is 19.1 Å². The average molecular weight is 399 g/mol. The van der Waals surface area contributed by atoms with Crippen LogP contribution in [0, 0.1) is 31.0 Å². The van der Waals surface area contributed by atoms with Gasteiger partial charge in [0.15, 0.2) is 0 Å². The molecule has 0 aliphatic carbocycles. The number of carbonyl (C=O) groups is 2. The lowest BCUT2D eigenvalue weighted by Gasteiger charge is -2.18. The fraction of sp³-hybridized carbons (Fsp3) is 0.381. The molecule has 154 valence electrons. The maximum Gasteiger partial charge on any atom is 0.239 e. The maximum atomic E-state index is 13.7. The Morgan fingerprint density at radius 2 is 1.90 bits per heavy atom. The zero-order valence-electron chi connectivity index (χ0n) is 17.3. The van der Waals surface area contributed by atoms with Gasteiger partial charge in [0, 0.05) is 11.7 Å². The van der Waals surface area contributed by atoms with Crippen LogP contribution < -0.4 is 10.6 Å². The molecule has 0 atom stereocenters. The summed E-state index contributed by atoms with van der Waals surface area (Å²) >= 11 is 0. The largest absolute Gasteiger partial charge is 0.353 e. The molecule has 1 aromatic heterocycles. The van der Waals surface area contributed by atoms with E-state index in [4.69, 9.17) is 0 Å². The molecule has 0 aliphatic rings. The second kappa shape index (κ2) is 9.34. The van der Waals surface area contributed by atoms with Crippen LogP contribution in [0.3, 0.4) is 0 Å². The van der Waals surface area contributed by atoms with Crippen LogP contribution in [0.25, 0.3) is 5.69 Å². The fourth-order valence-electron chi connectivity index (χ4n) is 3.08. The Kier molecular flexibility index (Phi) is 7.13. The van der Waals surface area contributed by atoms with Gasteiger partial charge in [0.1, 0.15) is 17.7 Å². The van der Waals surface area contributed by atoms with Crippen molar-refractivity contribution < 1.29 is 14.0 Å². The fourth-order valence-corrected chi connectivity index (χ4v) is 3.08. The van der Waals surface area contributed by atoms with Crippen LogP contribution in [-0.4, -0.2) is 47.5 Å². The first-order valence-electron chi connectivity index (χ1n) is 9.29. The molecular formula is C21H26FN5O2. The summed E-state index contributed by atoms with van der Waals surface area (Å²) in [7, 11) is 1.66. The molecule has 7 nitrogen and oxygen atoms in total. The van der Waals surface area contributed by atoms with Gasteiger partial charge in [-0.05, 0) is 58.5 Å². The first-order valence-corrected chi connectivity index (χ1v) is 9.29. The molecule has 0 bridgehead atoms. The van der Waals surface area contributed by atoms with Crippen molar-refractivity contribution in [1.82, 2.24) is 14.8 Å². The zero-order chi connectivity index (χ0) is 21.7. The van der Waals surface area contributed by atoms with Crippen molar-refractivity contribution >= 4 is 17.6 Å². The molecular weight excluding hydrogens is 373 g/mol. The standard InChI is InChI=1S/C21H26FN5O2/c1-13(2)24-19(28)11-26(5)12-20(29)25-21-18(10-23)14(3)15(4)27(21)17-8-6-7-16(22)9-17/h6-9,13H,11-12H2,1-5H3,(H,24,28)(H,25,29). The lowest BCUT2D eigenvalue weighted by Crippen LogP contribution is -2.41. The molecule has 0 saturated heterocycles. The Morgan fingerprint density at radius 1 is 1.24 bits per heavy atom. The number of aromatic nitrogens is 1. The maximum absolute atomic E-state index is 13.7. The number of benzene rings is 1.